The van der Waals surface area contributed by atoms with Crippen LogP contribution in [0.2, 0.25) is 0 Å². The molecule has 0 aromatic heterocycles. The Bertz CT molecular complexity index is 1420. The third-order valence-electron chi connectivity index (χ3n) is 9.80. The fourth-order valence-electron chi connectivity index (χ4n) is 6.21. The van der Waals surface area contributed by atoms with Crippen LogP contribution in [0.4, 0.5) is 0 Å². The van der Waals surface area contributed by atoms with Crippen molar-refractivity contribution in [2.75, 3.05) is 41.0 Å². The minimum atomic E-state index is -0.890. The average Bonchev–Trinajstić information content (AvgIpc) is 3.23. The van der Waals surface area contributed by atoms with Crippen LogP contribution in [0, 0.1) is 0 Å². The summed E-state index contributed by atoms with van der Waals surface area (Å²) < 4.78 is 17.3. The van der Waals surface area contributed by atoms with Crippen molar-refractivity contribution < 1.29 is 38.2 Å². The molecule has 2 unspecified atom stereocenters. The Labute approximate surface area is 378 Å². The number of rotatable bonds is 40. The SMILES string of the molecule is CC/C=C/C=C/C=C/C=C/C=C/C=C/C=C/CCCCCC(=O)OC(COCCC(C(=O)O)[N+](C)(C)C)COC(=O)CCCCCCCCCCC/C=C/C/C=C/C/C=C/CC. The Morgan fingerprint density at radius 1 is 0.500 bits per heavy atom. The van der Waals surface area contributed by atoms with E-state index in [9.17, 15) is 19.5 Å². The first-order valence-corrected chi connectivity index (χ1v) is 23.7. The van der Waals surface area contributed by atoms with E-state index in [0.717, 1.165) is 70.6 Å². The molecule has 0 fully saturated rings. The maximum atomic E-state index is 12.8. The molecule has 0 aromatic carbocycles. The molecular formula is C54H86NO7+. The van der Waals surface area contributed by atoms with Gasteiger partial charge in [0.15, 0.2) is 12.1 Å². The van der Waals surface area contributed by atoms with Gasteiger partial charge >= 0.3 is 17.9 Å². The van der Waals surface area contributed by atoms with E-state index >= 15 is 0 Å². The minimum Gasteiger partial charge on any atom is -0.477 e. The van der Waals surface area contributed by atoms with Crippen molar-refractivity contribution in [1.29, 1.82) is 0 Å². The molecule has 8 nitrogen and oxygen atoms in total. The van der Waals surface area contributed by atoms with Gasteiger partial charge < -0.3 is 23.8 Å². The molecule has 0 radical (unpaired) electrons. The molecule has 0 bridgehead atoms. The number of unbranched alkanes of at least 4 members (excludes halogenated alkanes) is 12. The van der Waals surface area contributed by atoms with Gasteiger partial charge in [-0.05, 0) is 64.2 Å². The molecule has 0 heterocycles. The summed E-state index contributed by atoms with van der Waals surface area (Å²) in [6.07, 6.45) is 61.0. The molecule has 0 saturated carbocycles. The lowest BCUT2D eigenvalue weighted by Crippen LogP contribution is -2.50. The number of ether oxygens (including phenoxy) is 3. The minimum absolute atomic E-state index is 0.0316. The second-order valence-electron chi connectivity index (χ2n) is 16.4. The summed E-state index contributed by atoms with van der Waals surface area (Å²) in [5.74, 6) is -1.55. The van der Waals surface area contributed by atoms with Crippen LogP contribution in [0.3, 0.4) is 0 Å². The van der Waals surface area contributed by atoms with Gasteiger partial charge in [-0.15, -0.1) is 0 Å². The second-order valence-corrected chi connectivity index (χ2v) is 16.4. The van der Waals surface area contributed by atoms with E-state index in [1.807, 2.05) is 94.1 Å². The normalized spacial score (nSPS) is 14.0. The highest BCUT2D eigenvalue weighted by Gasteiger charge is 2.31. The lowest BCUT2D eigenvalue weighted by molar-refractivity contribution is -0.887. The average molecular weight is 861 g/mol. The summed E-state index contributed by atoms with van der Waals surface area (Å²) in [6, 6.07) is -0.633. The first-order valence-electron chi connectivity index (χ1n) is 23.7. The zero-order valence-electron chi connectivity index (χ0n) is 39.5. The number of hydrogen-bond acceptors (Lipinski definition) is 6. The van der Waals surface area contributed by atoms with Crippen LogP contribution in [0.5, 0.6) is 0 Å². The van der Waals surface area contributed by atoms with Crippen LogP contribution in [0.25, 0.3) is 0 Å². The van der Waals surface area contributed by atoms with Crippen molar-refractivity contribution in [3.63, 3.8) is 0 Å². The number of likely N-dealkylation sites (N-methyl/N-ethyl adjacent to an activating group) is 1. The number of carboxylic acids is 1. The highest BCUT2D eigenvalue weighted by Crippen LogP contribution is 2.14. The number of allylic oxidation sites excluding steroid dienone is 20. The Morgan fingerprint density at radius 3 is 1.47 bits per heavy atom. The van der Waals surface area contributed by atoms with Gasteiger partial charge in [-0.25, -0.2) is 4.79 Å². The summed E-state index contributed by atoms with van der Waals surface area (Å²) in [6.45, 7) is 4.40. The molecule has 0 amide bonds. The van der Waals surface area contributed by atoms with Gasteiger partial charge in [0, 0.05) is 19.3 Å². The zero-order chi connectivity index (χ0) is 45.6. The first-order chi connectivity index (χ1) is 30.1. The number of quaternary nitrogens is 1. The Balaban J connectivity index is 4.44. The number of carbonyl (C=O) groups is 3. The molecule has 2 atom stereocenters. The molecule has 1 N–H and O–H groups in total. The van der Waals surface area contributed by atoms with E-state index in [-0.39, 0.29) is 42.7 Å². The number of aliphatic carboxylic acids is 1. The first kappa shape index (κ1) is 57.7. The maximum absolute atomic E-state index is 12.8. The van der Waals surface area contributed by atoms with Crippen molar-refractivity contribution in [3.8, 4) is 0 Å². The lowest BCUT2D eigenvalue weighted by atomic mass is 10.1. The van der Waals surface area contributed by atoms with Gasteiger partial charge in [-0.2, -0.15) is 0 Å². The standard InChI is InChI=1S/C54H85NO7/c1-6-8-10-12-14-16-18-20-22-24-26-28-30-32-34-36-38-40-42-44-52(56)61-49-50(48-60-47-46-51(54(58)59)55(3,4)5)62-53(57)45-43-41-39-37-35-33-31-29-27-25-23-21-19-17-15-13-11-9-7-2/h8-11,13-17,19-23,25,27,29,31,33,35,50-51H,6-7,12,18,24,26,28,30,32,34,36-49H2,1-5H3/p+1/b10-8+,11-9+,15-13+,16-14+,19-17+,22-20+,23-21+,27-25+,31-29+,35-33+. The maximum Gasteiger partial charge on any atom is 0.362 e. The van der Waals surface area contributed by atoms with E-state index < -0.39 is 18.1 Å². The number of carboxylic acid groups (broad SMARTS) is 1. The highest BCUT2D eigenvalue weighted by atomic mass is 16.6. The molecule has 0 rings (SSSR count). The molecule has 8 heteroatoms. The third-order valence-corrected chi connectivity index (χ3v) is 9.80. The van der Waals surface area contributed by atoms with Crippen LogP contribution >= 0.6 is 0 Å². The second kappa shape index (κ2) is 43.4. The largest absolute Gasteiger partial charge is 0.477 e. The van der Waals surface area contributed by atoms with E-state index in [0.29, 0.717) is 19.3 Å². The van der Waals surface area contributed by atoms with Gasteiger partial charge in [0.05, 0.1) is 34.4 Å². The van der Waals surface area contributed by atoms with Crippen molar-refractivity contribution in [3.05, 3.63) is 122 Å². The molecule has 0 aliphatic heterocycles. The van der Waals surface area contributed by atoms with Crippen LogP contribution in [-0.4, -0.2) is 80.6 Å². The molecule has 0 spiro atoms. The smallest absolute Gasteiger partial charge is 0.362 e. The van der Waals surface area contributed by atoms with E-state index in [1.54, 1.807) is 0 Å². The molecule has 0 saturated heterocycles. The molecule has 348 valence electrons. The lowest BCUT2D eigenvalue weighted by Gasteiger charge is -2.31. The van der Waals surface area contributed by atoms with E-state index in [1.165, 1.54) is 38.5 Å². The van der Waals surface area contributed by atoms with Gasteiger partial charge in [0.25, 0.3) is 0 Å². The number of esters is 2. The Kier molecular flexibility index (Phi) is 40.4. The fourth-order valence-corrected chi connectivity index (χ4v) is 6.21. The van der Waals surface area contributed by atoms with E-state index in [4.69, 9.17) is 14.2 Å². The predicted octanol–water partition coefficient (Wildman–Crippen LogP) is 13.4. The van der Waals surface area contributed by atoms with Crippen molar-refractivity contribution in [2.24, 2.45) is 0 Å². The fraction of sp³-hybridized carbons (Fsp3) is 0.574. The van der Waals surface area contributed by atoms with Crippen LogP contribution < -0.4 is 0 Å². The Morgan fingerprint density at radius 2 is 0.935 bits per heavy atom. The molecule has 0 aliphatic rings. The summed E-state index contributed by atoms with van der Waals surface area (Å²) in [5, 5.41) is 9.64. The summed E-state index contributed by atoms with van der Waals surface area (Å²) in [5.41, 5.74) is 0. The molecule has 0 aromatic rings. The summed E-state index contributed by atoms with van der Waals surface area (Å²) in [7, 11) is 5.50. The van der Waals surface area contributed by atoms with Gasteiger partial charge in [0.2, 0.25) is 0 Å². The number of nitrogens with zero attached hydrogens (tertiary/aromatic N) is 1. The topological polar surface area (TPSA) is 99.1 Å². The van der Waals surface area contributed by atoms with Crippen LogP contribution in [0.15, 0.2) is 122 Å². The summed E-state index contributed by atoms with van der Waals surface area (Å²) in [4.78, 5) is 37.1. The number of hydrogen-bond donors (Lipinski definition) is 1. The van der Waals surface area contributed by atoms with Crippen molar-refractivity contribution in [1.82, 2.24) is 0 Å². The third kappa shape index (κ3) is 41.1. The molecule has 0 aliphatic carbocycles. The van der Waals surface area contributed by atoms with Gasteiger partial charge in [-0.1, -0.05) is 187 Å². The van der Waals surface area contributed by atoms with Gasteiger partial charge in [0.1, 0.15) is 6.61 Å². The zero-order valence-corrected chi connectivity index (χ0v) is 39.5. The summed E-state index contributed by atoms with van der Waals surface area (Å²) >= 11 is 0. The Hall–Kier alpha value is -4.27. The highest BCUT2D eigenvalue weighted by molar-refractivity contribution is 5.72. The van der Waals surface area contributed by atoms with Crippen molar-refractivity contribution in [2.45, 2.75) is 161 Å². The monoisotopic (exact) mass is 861 g/mol. The molecular weight excluding hydrogens is 775 g/mol. The number of carbonyl (C=O) groups excluding carboxylic acids is 2. The predicted molar refractivity (Wildman–Crippen MR) is 261 cm³/mol. The van der Waals surface area contributed by atoms with E-state index in [2.05, 4.69) is 62.5 Å². The van der Waals surface area contributed by atoms with Crippen molar-refractivity contribution >= 4 is 17.9 Å². The van der Waals surface area contributed by atoms with Crippen LogP contribution in [-0.2, 0) is 28.6 Å². The molecule has 62 heavy (non-hydrogen) atoms. The van der Waals surface area contributed by atoms with Gasteiger partial charge in [-0.3, -0.25) is 9.59 Å². The van der Waals surface area contributed by atoms with Crippen LogP contribution in [0.1, 0.15) is 149 Å². The quantitative estimate of drug-likeness (QED) is 0.0215.